The highest BCUT2D eigenvalue weighted by molar-refractivity contribution is 7.27. The van der Waals surface area contributed by atoms with Gasteiger partial charge in [-0.3, -0.25) is 0 Å². The van der Waals surface area contributed by atoms with E-state index in [1.54, 1.807) is 0 Å². The Morgan fingerprint density at radius 2 is 0.796 bits per heavy atom. The standard InChI is InChI=1S/C51H41BS2/c1-50(2,3)32-23-19-29(20-24-32)44(30-21-25-33(26-22-30)51(4,5)6)31-27-36-34-11-7-15-40-45(34)47-38(13-9-17-42(47)53-40)52-39-14-10-18-43-48(39)46-35(37(28-31)49(36)52)12-8-16-41(46)54-43/h7-28,44H,1-6H3. The molecular formula is C51H41BS2. The van der Waals surface area contributed by atoms with Crippen LogP contribution >= 0.6 is 22.7 Å². The van der Waals surface area contributed by atoms with Crippen LogP contribution in [0.15, 0.2) is 133 Å². The lowest BCUT2D eigenvalue weighted by atomic mass is 9.35. The summed E-state index contributed by atoms with van der Waals surface area (Å²) in [6.45, 7) is 14.0. The molecule has 0 N–H and O–H groups in total. The highest BCUT2D eigenvalue weighted by Gasteiger charge is 2.38. The zero-order chi connectivity index (χ0) is 36.7. The summed E-state index contributed by atoms with van der Waals surface area (Å²) in [6.07, 6.45) is 0. The van der Waals surface area contributed by atoms with Crippen molar-refractivity contribution in [2.45, 2.75) is 58.3 Å². The molecule has 54 heavy (non-hydrogen) atoms. The Morgan fingerprint density at radius 3 is 1.20 bits per heavy atom. The predicted molar refractivity (Wildman–Crippen MR) is 239 cm³/mol. The molecule has 0 radical (unpaired) electrons. The van der Waals surface area contributed by atoms with Crippen LogP contribution in [-0.4, -0.2) is 6.71 Å². The summed E-state index contributed by atoms with van der Waals surface area (Å²) in [4.78, 5) is 0. The molecule has 0 saturated heterocycles. The van der Waals surface area contributed by atoms with Crippen molar-refractivity contribution in [1.82, 2.24) is 0 Å². The molecule has 3 heteroatoms. The van der Waals surface area contributed by atoms with Crippen LogP contribution in [0.4, 0.5) is 0 Å². The van der Waals surface area contributed by atoms with Gasteiger partial charge in [0.15, 0.2) is 0 Å². The van der Waals surface area contributed by atoms with E-state index in [4.69, 9.17) is 0 Å². The minimum atomic E-state index is 0.0627. The molecule has 0 fully saturated rings. The topological polar surface area (TPSA) is 0 Å². The molecule has 9 aromatic rings. The largest absolute Gasteiger partial charge is 0.244 e. The number of hydrogen-bond acceptors (Lipinski definition) is 2. The molecule has 4 heterocycles. The second kappa shape index (κ2) is 11.3. The summed E-state index contributed by atoms with van der Waals surface area (Å²) >= 11 is 3.89. The number of fused-ring (bicyclic) bond motifs is 4. The van der Waals surface area contributed by atoms with Crippen LogP contribution in [0.1, 0.15) is 75.3 Å². The molecule has 0 saturated carbocycles. The van der Waals surface area contributed by atoms with Gasteiger partial charge in [-0.05, 0) is 95.9 Å². The van der Waals surface area contributed by atoms with Gasteiger partial charge in [-0.15, -0.1) is 22.7 Å². The predicted octanol–water partition coefficient (Wildman–Crippen LogP) is 12.7. The van der Waals surface area contributed by atoms with Crippen LogP contribution in [0.3, 0.4) is 0 Å². The van der Waals surface area contributed by atoms with Crippen molar-refractivity contribution < 1.29 is 0 Å². The number of hydrogen-bond donors (Lipinski definition) is 0. The van der Waals surface area contributed by atoms with Crippen molar-refractivity contribution in [3.8, 4) is 22.3 Å². The van der Waals surface area contributed by atoms with Crippen LogP contribution in [0.25, 0.3) is 62.6 Å². The van der Waals surface area contributed by atoms with Crippen LogP contribution in [-0.2, 0) is 10.8 Å². The Hall–Kier alpha value is -4.96. The van der Waals surface area contributed by atoms with Crippen LogP contribution in [0.5, 0.6) is 0 Å². The van der Waals surface area contributed by atoms with Gasteiger partial charge in [0.05, 0.1) is 0 Å². The third kappa shape index (κ3) is 4.61. The molecule has 7 aromatic carbocycles. The Balaban J connectivity index is 1.28. The number of benzene rings is 7. The minimum Gasteiger partial charge on any atom is -0.135 e. The van der Waals surface area contributed by atoms with Crippen molar-refractivity contribution in [1.29, 1.82) is 0 Å². The van der Waals surface area contributed by atoms with Gasteiger partial charge in [-0.2, -0.15) is 0 Å². The van der Waals surface area contributed by atoms with Gasteiger partial charge < -0.3 is 0 Å². The van der Waals surface area contributed by atoms with E-state index in [-0.39, 0.29) is 23.5 Å². The summed E-state index contributed by atoms with van der Waals surface area (Å²) in [5.41, 5.74) is 16.7. The summed E-state index contributed by atoms with van der Waals surface area (Å²) in [5.74, 6) is 0.0627. The molecule has 260 valence electrons. The molecule has 0 nitrogen and oxygen atoms in total. The average molecular weight is 729 g/mol. The summed E-state index contributed by atoms with van der Waals surface area (Å²) < 4.78 is 5.50. The Labute approximate surface area is 326 Å². The van der Waals surface area contributed by atoms with E-state index >= 15 is 0 Å². The first-order valence-electron chi connectivity index (χ1n) is 19.3. The van der Waals surface area contributed by atoms with Crippen LogP contribution in [0, 0.1) is 0 Å². The maximum atomic E-state index is 2.59. The first-order chi connectivity index (χ1) is 26.0. The van der Waals surface area contributed by atoms with Gasteiger partial charge >= 0.3 is 0 Å². The number of rotatable bonds is 3. The van der Waals surface area contributed by atoms with E-state index in [1.165, 1.54) is 107 Å². The van der Waals surface area contributed by atoms with Gasteiger partial charge in [0.1, 0.15) is 0 Å². The molecule has 11 rings (SSSR count). The smallest absolute Gasteiger partial charge is 0.135 e. The Morgan fingerprint density at radius 1 is 0.407 bits per heavy atom. The van der Waals surface area contributed by atoms with Crippen molar-refractivity contribution in [2.24, 2.45) is 0 Å². The summed E-state index contributed by atoms with van der Waals surface area (Å²) in [6, 6.07) is 52.4. The van der Waals surface area contributed by atoms with E-state index in [2.05, 4.69) is 175 Å². The van der Waals surface area contributed by atoms with E-state index in [0.29, 0.717) is 0 Å². The average Bonchev–Trinajstić information content (AvgIpc) is 3.67. The molecule has 2 aromatic heterocycles. The maximum absolute atomic E-state index is 2.59. The van der Waals surface area contributed by atoms with Gasteiger partial charge in [0.2, 0.25) is 6.71 Å². The summed E-state index contributed by atoms with van der Waals surface area (Å²) in [5, 5.41) is 5.70. The normalized spacial score (nSPS) is 13.5. The molecular weight excluding hydrogens is 688 g/mol. The van der Waals surface area contributed by atoms with E-state index in [0.717, 1.165) is 0 Å². The summed E-state index contributed by atoms with van der Waals surface area (Å²) in [7, 11) is 0. The minimum absolute atomic E-state index is 0.0627. The van der Waals surface area contributed by atoms with E-state index in [1.807, 2.05) is 22.7 Å². The molecule has 0 bridgehead atoms. The zero-order valence-electron chi connectivity index (χ0n) is 31.7. The van der Waals surface area contributed by atoms with Crippen molar-refractivity contribution in [3.63, 3.8) is 0 Å². The highest BCUT2D eigenvalue weighted by atomic mass is 32.1. The second-order valence-electron chi connectivity index (χ2n) is 17.6. The number of thiophene rings is 2. The lowest BCUT2D eigenvalue weighted by Crippen LogP contribution is -2.53. The fraction of sp³-hybridized carbons (Fsp3) is 0.176. The lowest BCUT2D eigenvalue weighted by Gasteiger charge is -2.27. The molecule has 0 aliphatic carbocycles. The highest BCUT2D eigenvalue weighted by Crippen LogP contribution is 2.47. The van der Waals surface area contributed by atoms with Gasteiger partial charge in [-0.1, -0.05) is 167 Å². The first-order valence-corrected chi connectivity index (χ1v) is 21.0. The Bertz CT molecular complexity index is 2800. The first kappa shape index (κ1) is 32.5. The lowest BCUT2D eigenvalue weighted by molar-refractivity contribution is 0.589. The van der Waals surface area contributed by atoms with Crippen molar-refractivity contribution in [2.75, 3.05) is 0 Å². The van der Waals surface area contributed by atoms with Crippen molar-refractivity contribution in [3.05, 3.63) is 161 Å². The van der Waals surface area contributed by atoms with Gasteiger partial charge in [-0.25, -0.2) is 0 Å². The SMILES string of the molecule is CC(C)(C)c1ccc(C(c2ccc(C(C)(C)C)cc2)c2cc3c4c(c2)-c2cccc5sc6cccc(c6c25)B4c2cccc4sc5cccc-3c5c24)cc1. The Kier molecular flexibility index (Phi) is 6.79. The fourth-order valence-electron chi connectivity index (χ4n) is 9.72. The molecule has 2 aliphatic heterocycles. The quantitative estimate of drug-likeness (QED) is 0.126. The van der Waals surface area contributed by atoms with Gasteiger partial charge in [0, 0.05) is 35.5 Å². The van der Waals surface area contributed by atoms with Crippen molar-refractivity contribution >= 4 is 86.1 Å². The molecule has 2 aliphatic rings. The van der Waals surface area contributed by atoms with Gasteiger partial charge in [0.25, 0.3) is 0 Å². The molecule has 0 atom stereocenters. The molecule has 0 spiro atoms. The third-order valence-electron chi connectivity index (χ3n) is 12.4. The molecule has 0 unspecified atom stereocenters. The van der Waals surface area contributed by atoms with Crippen LogP contribution in [0.2, 0.25) is 0 Å². The third-order valence-corrected chi connectivity index (χ3v) is 14.6. The van der Waals surface area contributed by atoms with E-state index < -0.39 is 0 Å². The van der Waals surface area contributed by atoms with Crippen LogP contribution < -0.4 is 16.4 Å². The monoisotopic (exact) mass is 728 g/mol. The zero-order valence-corrected chi connectivity index (χ0v) is 33.3. The fourth-order valence-corrected chi connectivity index (χ4v) is 12.1. The maximum Gasteiger partial charge on any atom is 0.244 e. The van der Waals surface area contributed by atoms with E-state index in [9.17, 15) is 0 Å². The molecule has 0 amide bonds. The second-order valence-corrected chi connectivity index (χ2v) is 19.8.